The summed E-state index contributed by atoms with van der Waals surface area (Å²) >= 11 is 0. The lowest BCUT2D eigenvalue weighted by atomic mass is 10.1. The summed E-state index contributed by atoms with van der Waals surface area (Å²) in [6.07, 6.45) is 5.66. The van der Waals surface area contributed by atoms with E-state index in [4.69, 9.17) is 0 Å². The maximum atomic E-state index is 12.4. The minimum absolute atomic E-state index is 0.111. The van der Waals surface area contributed by atoms with Crippen molar-refractivity contribution in [1.82, 2.24) is 0 Å². The summed E-state index contributed by atoms with van der Waals surface area (Å²) in [6, 6.07) is 13.7. The molecule has 0 unspecified atom stereocenters. The van der Waals surface area contributed by atoms with Crippen LogP contribution in [0, 0.1) is 13.8 Å². The highest BCUT2D eigenvalue weighted by atomic mass is 32.2. The molecule has 1 heterocycles. The largest absolute Gasteiger partial charge is 0.372 e. The fourth-order valence-electron chi connectivity index (χ4n) is 3.97. The highest BCUT2D eigenvalue weighted by molar-refractivity contribution is 7.92. The zero-order valence-electron chi connectivity index (χ0n) is 18.7. The van der Waals surface area contributed by atoms with Crippen molar-refractivity contribution < 1.29 is 13.2 Å². The van der Waals surface area contributed by atoms with Gasteiger partial charge in [-0.25, -0.2) is 8.42 Å². The first-order valence-electron chi connectivity index (χ1n) is 10.9. The molecule has 2 aromatic carbocycles. The number of nitrogens with zero attached hydrogens (tertiary/aromatic N) is 2. The van der Waals surface area contributed by atoms with Gasteiger partial charge in [-0.1, -0.05) is 12.1 Å². The normalized spacial score (nSPS) is 14.4. The van der Waals surface area contributed by atoms with Gasteiger partial charge in [-0.15, -0.1) is 0 Å². The first-order chi connectivity index (χ1) is 14.7. The predicted octanol–water partition coefficient (Wildman–Crippen LogP) is 4.48. The van der Waals surface area contributed by atoms with Gasteiger partial charge in [-0.3, -0.25) is 9.10 Å². The van der Waals surface area contributed by atoms with Gasteiger partial charge in [0.15, 0.2) is 0 Å². The van der Waals surface area contributed by atoms with Crippen LogP contribution in [0.4, 0.5) is 17.1 Å². The van der Waals surface area contributed by atoms with Crippen LogP contribution >= 0.6 is 0 Å². The Bertz CT molecular complexity index is 997. The number of nitrogens with one attached hydrogen (secondary N) is 1. The molecule has 168 valence electrons. The summed E-state index contributed by atoms with van der Waals surface area (Å²) < 4.78 is 26.1. The van der Waals surface area contributed by atoms with Gasteiger partial charge >= 0.3 is 0 Å². The summed E-state index contributed by atoms with van der Waals surface area (Å²) in [5.74, 6) is -0.111. The molecule has 3 rings (SSSR count). The minimum Gasteiger partial charge on any atom is -0.372 e. The second kappa shape index (κ2) is 10.2. The van der Waals surface area contributed by atoms with E-state index in [0.29, 0.717) is 12.1 Å². The number of carbonyl (C=O) groups is 1. The van der Waals surface area contributed by atoms with Crippen molar-refractivity contribution in [2.45, 2.75) is 46.0 Å². The molecular formula is C24H33N3O3S. The monoisotopic (exact) mass is 443 g/mol. The quantitative estimate of drug-likeness (QED) is 0.653. The molecule has 1 fully saturated rings. The molecule has 7 heteroatoms. The van der Waals surface area contributed by atoms with Crippen molar-refractivity contribution >= 4 is 33.0 Å². The van der Waals surface area contributed by atoms with E-state index in [1.807, 2.05) is 56.3 Å². The fourth-order valence-corrected chi connectivity index (χ4v) is 4.98. The van der Waals surface area contributed by atoms with Crippen molar-refractivity contribution in [2.75, 3.05) is 40.4 Å². The van der Waals surface area contributed by atoms with Crippen LogP contribution in [0.2, 0.25) is 0 Å². The van der Waals surface area contributed by atoms with Gasteiger partial charge in [-0.2, -0.15) is 0 Å². The SMILES string of the molecule is Cc1ccc(C)c(N(CCCC(=O)Nc2ccc(N3CCCCC3)cc2)S(C)(=O)=O)c1. The Balaban J connectivity index is 1.55. The molecule has 1 saturated heterocycles. The Kier molecular flexibility index (Phi) is 7.59. The van der Waals surface area contributed by atoms with Gasteiger partial charge in [0.2, 0.25) is 15.9 Å². The Morgan fingerprint density at radius 1 is 1.03 bits per heavy atom. The van der Waals surface area contributed by atoms with Gasteiger partial charge in [-0.05, 0) is 81.0 Å². The lowest BCUT2D eigenvalue weighted by molar-refractivity contribution is -0.116. The molecule has 1 N–H and O–H groups in total. The average Bonchev–Trinajstić information content (AvgIpc) is 2.73. The molecule has 1 amide bonds. The van der Waals surface area contributed by atoms with E-state index < -0.39 is 10.0 Å². The lowest BCUT2D eigenvalue weighted by Gasteiger charge is -2.28. The molecule has 0 aliphatic carbocycles. The van der Waals surface area contributed by atoms with Crippen LogP contribution in [-0.2, 0) is 14.8 Å². The van der Waals surface area contributed by atoms with Gasteiger partial charge < -0.3 is 10.2 Å². The standard InChI is InChI=1S/C24H33N3O3S/c1-19-9-10-20(2)23(18-19)27(31(3,29)30)17-7-8-24(28)25-21-11-13-22(14-12-21)26-15-5-4-6-16-26/h9-14,18H,4-8,15-17H2,1-3H3,(H,25,28). The Labute approximate surface area is 186 Å². The molecule has 0 radical (unpaired) electrons. The van der Waals surface area contributed by atoms with Gasteiger partial charge in [0.1, 0.15) is 0 Å². The van der Waals surface area contributed by atoms with Crippen LogP contribution in [0.15, 0.2) is 42.5 Å². The molecule has 1 aliphatic heterocycles. The van der Waals surface area contributed by atoms with Crippen LogP contribution in [0.3, 0.4) is 0 Å². The number of amides is 1. The molecule has 6 nitrogen and oxygen atoms in total. The minimum atomic E-state index is -3.43. The van der Waals surface area contributed by atoms with Crippen LogP contribution < -0.4 is 14.5 Å². The van der Waals surface area contributed by atoms with Crippen LogP contribution in [0.25, 0.3) is 0 Å². The van der Waals surface area contributed by atoms with Crippen LogP contribution in [0.5, 0.6) is 0 Å². The van der Waals surface area contributed by atoms with E-state index in [-0.39, 0.29) is 18.9 Å². The molecular weight excluding hydrogens is 410 g/mol. The average molecular weight is 444 g/mol. The smallest absolute Gasteiger partial charge is 0.232 e. The number of benzene rings is 2. The Morgan fingerprint density at radius 2 is 1.71 bits per heavy atom. The number of carbonyl (C=O) groups excluding carboxylic acids is 1. The van der Waals surface area contributed by atoms with Crippen molar-refractivity contribution in [2.24, 2.45) is 0 Å². The second-order valence-electron chi connectivity index (χ2n) is 8.37. The number of anilines is 3. The highest BCUT2D eigenvalue weighted by Crippen LogP contribution is 2.25. The molecule has 31 heavy (non-hydrogen) atoms. The predicted molar refractivity (Wildman–Crippen MR) is 128 cm³/mol. The van der Waals surface area contributed by atoms with E-state index in [0.717, 1.165) is 29.9 Å². The molecule has 0 saturated carbocycles. The Morgan fingerprint density at radius 3 is 2.35 bits per heavy atom. The maximum absolute atomic E-state index is 12.4. The molecule has 1 aliphatic rings. The Hall–Kier alpha value is -2.54. The van der Waals surface area contributed by atoms with E-state index >= 15 is 0 Å². The summed E-state index contributed by atoms with van der Waals surface area (Å²) in [5.41, 5.74) is 4.53. The van der Waals surface area contributed by atoms with Crippen molar-refractivity contribution in [3.8, 4) is 0 Å². The summed E-state index contributed by atoms with van der Waals surface area (Å²) in [4.78, 5) is 14.8. The van der Waals surface area contributed by atoms with E-state index in [1.165, 1.54) is 35.5 Å². The highest BCUT2D eigenvalue weighted by Gasteiger charge is 2.19. The topological polar surface area (TPSA) is 69.7 Å². The number of aryl methyl sites for hydroxylation is 2. The lowest BCUT2D eigenvalue weighted by Crippen LogP contribution is -2.32. The summed E-state index contributed by atoms with van der Waals surface area (Å²) in [7, 11) is -3.43. The maximum Gasteiger partial charge on any atom is 0.232 e. The van der Waals surface area contributed by atoms with Gasteiger partial charge in [0.25, 0.3) is 0 Å². The third-order valence-electron chi connectivity index (χ3n) is 5.67. The number of hydrogen-bond acceptors (Lipinski definition) is 4. The van der Waals surface area contributed by atoms with Crippen LogP contribution in [0.1, 0.15) is 43.2 Å². The van der Waals surface area contributed by atoms with Crippen LogP contribution in [-0.4, -0.2) is 40.2 Å². The summed E-state index contributed by atoms with van der Waals surface area (Å²) in [6.45, 7) is 6.27. The van der Waals surface area contributed by atoms with Crippen molar-refractivity contribution in [3.05, 3.63) is 53.6 Å². The van der Waals surface area contributed by atoms with E-state index in [2.05, 4.69) is 10.2 Å². The summed E-state index contributed by atoms with van der Waals surface area (Å²) in [5, 5.41) is 2.92. The first kappa shape index (κ1) is 23.1. The molecule has 0 atom stereocenters. The van der Waals surface area contributed by atoms with Gasteiger partial charge in [0.05, 0.1) is 11.9 Å². The third-order valence-corrected chi connectivity index (χ3v) is 6.85. The fraction of sp³-hybridized carbons (Fsp3) is 0.458. The van der Waals surface area contributed by atoms with E-state index in [1.54, 1.807) is 0 Å². The molecule has 0 spiro atoms. The van der Waals surface area contributed by atoms with Crippen molar-refractivity contribution in [3.63, 3.8) is 0 Å². The third kappa shape index (κ3) is 6.47. The number of rotatable bonds is 8. The number of sulfonamides is 1. The molecule has 2 aromatic rings. The van der Waals surface area contributed by atoms with E-state index in [9.17, 15) is 13.2 Å². The first-order valence-corrected chi connectivity index (χ1v) is 12.8. The number of piperidine rings is 1. The zero-order valence-corrected chi connectivity index (χ0v) is 19.5. The number of hydrogen-bond donors (Lipinski definition) is 1. The van der Waals surface area contributed by atoms with Crippen molar-refractivity contribution in [1.29, 1.82) is 0 Å². The zero-order chi connectivity index (χ0) is 22.4. The van der Waals surface area contributed by atoms with Gasteiger partial charge in [0, 0.05) is 37.4 Å². The molecule has 0 bridgehead atoms. The second-order valence-corrected chi connectivity index (χ2v) is 10.3. The molecule has 0 aromatic heterocycles.